The maximum atomic E-state index is 12.8. The van der Waals surface area contributed by atoms with Crippen LogP contribution in [0.15, 0.2) is 92.0 Å². The van der Waals surface area contributed by atoms with Crippen molar-refractivity contribution in [3.05, 3.63) is 109 Å². The number of aryl methyl sites for hydroxylation is 1. The van der Waals surface area contributed by atoms with Gasteiger partial charge in [0.05, 0.1) is 37.1 Å². The Balaban J connectivity index is 1.35. The average molecular weight is 673 g/mol. The summed E-state index contributed by atoms with van der Waals surface area (Å²) in [4.78, 5) is 36.5. The summed E-state index contributed by atoms with van der Waals surface area (Å²) < 4.78 is 33.2. The van der Waals surface area contributed by atoms with Gasteiger partial charge in [-0.2, -0.15) is 0 Å². The van der Waals surface area contributed by atoms with Crippen LogP contribution in [0.3, 0.4) is 0 Å². The van der Waals surface area contributed by atoms with Gasteiger partial charge in [0, 0.05) is 12.7 Å². The van der Waals surface area contributed by atoms with Crippen LogP contribution in [0, 0.1) is 6.92 Å². The average Bonchev–Trinajstić information content (AvgIpc) is 3.11. The minimum absolute atomic E-state index is 0.0892. The van der Waals surface area contributed by atoms with Crippen molar-refractivity contribution in [2.75, 3.05) is 26.4 Å². The topological polar surface area (TPSA) is 107 Å². The van der Waals surface area contributed by atoms with Crippen LogP contribution in [0.4, 0.5) is 0 Å². The Morgan fingerprint density at radius 1 is 0.633 bits per heavy atom. The van der Waals surface area contributed by atoms with E-state index >= 15 is 0 Å². The van der Waals surface area contributed by atoms with E-state index in [4.69, 9.17) is 28.4 Å². The Bertz CT molecular complexity index is 1480. The molecule has 0 saturated carbocycles. The predicted molar refractivity (Wildman–Crippen MR) is 189 cm³/mol. The zero-order valence-corrected chi connectivity index (χ0v) is 28.7. The van der Waals surface area contributed by atoms with Crippen LogP contribution in [0.1, 0.15) is 84.6 Å². The second kappa shape index (κ2) is 21.9. The first-order valence-electron chi connectivity index (χ1n) is 16.8. The molecule has 0 bridgehead atoms. The van der Waals surface area contributed by atoms with Gasteiger partial charge >= 0.3 is 17.9 Å². The van der Waals surface area contributed by atoms with Gasteiger partial charge in [0.15, 0.2) is 0 Å². The molecule has 1 atom stereocenters. The van der Waals surface area contributed by atoms with Crippen molar-refractivity contribution in [2.24, 2.45) is 0 Å². The number of hydrogen-bond acceptors (Lipinski definition) is 9. The first-order valence-corrected chi connectivity index (χ1v) is 16.8. The van der Waals surface area contributed by atoms with Gasteiger partial charge < -0.3 is 28.4 Å². The highest BCUT2D eigenvalue weighted by Crippen LogP contribution is 2.26. The van der Waals surface area contributed by atoms with E-state index in [2.05, 4.69) is 13.2 Å². The van der Waals surface area contributed by atoms with Gasteiger partial charge in [-0.1, -0.05) is 19.1 Å². The first kappa shape index (κ1) is 38.6. The number of carbonyl (C=O) groups excluding carboxylic acids is 3. The van der Waals surface area contributed by atoms with Gasteiger partial charge in [-0.15, -0.1) is 6.58 Å². The number of carbonyl (C=O) groups is 3. The molecule has 49 heavy (non-hydrogen) atoms. The van der Waals surface area contributed by atoms with Gasteiger partial charge in [-0.3, -0.25) is 0 Å². The Morgan fingerprint density at radius 2 is 1.12 bits per heavy atom. The molecule has 0 heterocycles. The fraction of sp³-hybridized carbons (Fsp3) is 0.375. The zero-order valence-electron chi connectivity index (χ0n) is 28.7. The molecule has 0 aliphatic heterocycles. The van der Waals surface area contributed by atoms with Crippen LogP contribution in [-0.2, 0) is 14.3 Å². The largest absolute Gasteiger partial charge is 0.494 e. The summed E-state index contributed by atoms with van der Waals surface area (Å²) in [5.41, 5.74) is 1.41. The Morgan fingerprint density at radius 3 is 1.63 bits per heavy atom. The summed E-state index contributed by atoms with van der Waals surface area (Å²) in [6.07, 6.45) is 10.7. The van der Waals surface area contributed by atoms with Crippen molar-refractivity contribution in [2.45, 2.75) is 71.3 Å². The number of hydrogen-bond donors (Lipinski definition) is 0. The minimum Gasteiger partial charge on any atom is -0.494 e. The van der Waals surface area contributed by atoms with Crippen LogP contribution in [0.25, 0.3) is 0 Å². The normalized spacial score (nSPS) is 11.2. The van der Waals surface area contributed by atoms with Gasteiger partial charge in [-0.05, 0) is 131 Å². The van der Waals surface area contributed by atoms with Gasteiger partial charge in [0.2, 0.25) is 0 Å². The van der Waals surface area contributed by atoms with E-state index in [1.165, 1.54) is 0 Å². The summed E-state index contributed by atoms with van der Waals surface area (Å²) in [5, 5.41) is 0. The second-order valence-corrected chi connectivity index (χ2v) is 11.5. The van der Waals surface area contributed by atoms with Crippen LogP contribution in [0.2, 0.25) is 0 Å². The summed E-state index contributed by atoms with van der Waals surface area (Å²) >= 11 is 0. The van der Waals surface area contributed by atoms with Gasteiger partial charge in [0.1, 0.15) is 23.0 Å². The zero-order chi connectivity index (χ0) is 35.3. The number of esters is 3. The fourth-order valence-electron chi connectivity index (χ4n) is 4.56. The standard InChI is InChI=1S/C40H48O9/c1-5-31(4)44-25-11-7-8-12-26-46-35-21-17-33(18-22-35)40(43)49-37-24-23-36(29-30(37)3)48-39(42)32-15-19-34(20-16-32)45-27-13-9-10-14-28-47-38(41)6-2/h5-6,15-24,29,31H,1-2,7-14,25-28H2,3-4H3. The molecule has 0 aromatic heterocycles. The molecule has 3 aromatic carbocycles. The Kier molecular flexibility index (Phi) is 17.2. The molecule has 0 saturated heterocycles. The highest BCUT2D eigenvalue weighted by Gasteiger charge is 2.14. The lowest BCUT2D eigenvalue weighted by atomic mass is 10.2. The molecule has 0 aliphatic carbocycles. The molecule has 0 radical (unpaired) electrons. The van der Waals surface area contributed by atoms with E-state index in [1.807, 2.05) is 6.92 Å². The van der Waals surface area contributed by atoms with Gasteiger partial charge in [-0.25, -0.2) is 14.4 Å². The summed E-state index contributed by atoms with van der Waals surface area (Å²) in [5.74, 6) is 0.633. The number of ether oxygens (including phenoxy) is 6. The van der Waals surface area contributed by atoms with Crippen LogP contribution < -0.4 is 18.9 Å². The molecule has 0 fully saturated rings. The van der Waals surface area contributed by atoms with Crippen LogP contribution in [0.5, 0.6) is 23.0 Å². The molecule has 0 amide bonds. The van der Waals surface area contributed by atoms with Crippen molar-refractivity contribution in [1.29, 1.82) is 0 Å². The monoisotopic (exact) mass is 672 g/mol. The van der Waals surface area contributed by atoms with Crippen LogP contribution in [-0.4, -0.2) is 50.4 Å². The van der Waals surface area contributed by atoms with E-state index in [-0.39, 0.29) is 6.10 Å². The molecule has 0 N–H and O–H groups in total. The molecule has 0 aliphatic rings. The summed E-state index contributed by atoms with van der Waals surface area (Å²) in [6, 6.07) is 18.4. The van der Waals surface area contributed by atoms with Crippen molar-refractivity contribution >= 4 is 17.9 Å². The van der Waals surface area contributed by atoms with Crippen molar-refractivity contribution < 1.29 is 42.8 Å². The SMILES string of the molecule is C=CC(=O)OCCCCCCOc1ccc(C(=O)Oc2ccc(OC(=O)c3ccc(OCCCCCCOC(C)C=C)cc3)c(C)c2)cc1. The molecule has 9 nitrogen and oxygen atoms in total. The summed E-state index contributed by atoms with van der Waals surface area (Å²) in [6.45, 7) is 13.1. The number of unbranched alkanes of at least 4 members (excludes halogenated alkanes) is 6. The van der Waals surface area contributed by atoms with Crippen molar-refractivity contribution in [3.63, 3.8) is 0 Å². The molecular weight excluding hydrogens is 624 g/mol. The molecular formula is C40H48O9. The van der Waals surface area contributed by atoms with E-state index in [9.17, 15) is 14.4 Å². The van der Waals surface area contributed by atoms with Crippen molar-refractivity contribution in [3.8, 4) is 23.0 Å². The van der Waals surface area contributed by atoms with E-state index in [0.717, 1.165) is 64.0 Å². The minimum atomic E-state index is -0.515. The highest BCUT2D eigenvalue weighted by atomic mass is 16.5. The van der Waals surface area contributed by atoms with E-state index in [1.54, 1.807) is 79.7 Å². The number of benzene rings is 3. The smallest absolute Gasteiger partial charge is 0.343 e. The maximum Gasteiger partial charge on any atom is 0.343 e. The maximum absolute atomic E-state index is 12.8. The third-order valence-corrected chi connectivity index (χ3v) is 7.48. The molecule has 1 unspecified atom stereocenters. The lowest BCUT2D eigenvalue weighted by molar-refractivity contribution is -0.137. The second-order valence-electron chi connectivity index (χ2n) is 11.5. The first-order chi connectivity index (χ1) is 23.8. The lowest BCUT2D eigenvalue weighted by Gasteiger charge is -2.11. The number of rotatable bonds is 23. The fourth-order valence-corrected chi connectivity index (χ4v) is 4.56. The third kappa shape index (κ3) is 14.8. The highest BCUT2D eigenvalue weighted by molar-refractivity contribution is 5.92. The molecule has 0 spiro atoms. The van der Waals surface area contributed by atoms with Crippen LogP contribution >= 0.6 is 0 Å². The molecule has 3 rings (SSSR count). The third-order valence-electron chi connectivity index (χ3n) is 7.48. The molecule has 3 aromatic rings. The molecule has 262 valence electrons. The Hall–Kier alpha value is -4.89. The Labute approximate surface area is 289 Å². The predicted octanol–water partition coefficient (Wildman–Crippen LogP) is 8.63. The summed E-state index contributed by atoms with van der Waals surface area (Å²) in [7, 11) is 0. The molecule has 9 heteroatoms. The van der Waals surface area contributed by atoms with Gasteiger partial charge in [0.25, 0.3) is 0 Å². The lowest BCUT2D eigenvalue weighted by Crippen LogP contribution is -2.10. The van der Waals surface area contributed by atoms with E-state index in [0.29, 0.717) is 59.5 Å². The van der Waals surface area contributed by atoms with E-state index < -0.39 is 17.9 Å². The van der Waals surface area contributed by atoms with Crippen molar-refractivity contribution in [1.82, 2.24) is 0 Å². The quantitative estimate of drug-likeness (QED) is 0.0322.